The minimum absolute atomic E-state index is 0.111. The molecule has 0 aliphatic carbocycles. The number of para-hydroxylation sites is 1. The number of nitro groups is 1. The lowest BCUT2D eigenvalue weighted by atomic mass is 10.1. The average Bonchev–Trinajstić information content (AvgIpc) is 2.89. The molecule has 1 heterocycles. The number of carbonyl (C=O) groups is 1. The molecular formula is C15H11N3O3S. The number of amides is 1. The highest BCUT2D eigenvalue weighted by atomic mass is 32.1. The quantitative estimate of drug-likeness (QED) is 0.589. The van der Waals surface area contributed by atoms with E-state index in [1.807, 2.05) is 24.3 Å². The molecule has 6 nitrogen and oxygen atoms in total. The molecule has 2 aromatic carbocycles. The molecule has 0 bridgehead atoms. The second kappa shape index (κ2) is 5.53. The number of anilines is 1. The van der Waals surface area contributed by atoms with Crippen LogP contribution in [0.3, 0.4) is 0 Å². The Labute approximate surface area is 129 Å². The normalized spacial score (nSPS) is 10.6. The van der Waals surface area contributed by atoms with Crippen molar-refractivity contribution in [1.82, 2.24) is 4.98 Å². The van der Waals surface area contributed by atoms with Crippen LogP contribution in [0.25, 0.3) is 10.2 Å². The largest absolute Gasteiger partial charge is 0.298 e. The molecule has 0 fully saturated rings. The number of rotatable bonds is 3. The lowest BCUT2D eigenvalue weighted by molar-refractivity contribution is -0.384. The number of aryl methyl sites for hydroxylation is 1. The third kappa shape index (κ3) is 2.66. The molecule has 0 saturated carbocycles. The molecule has 1 N–H and O–H groups in total. The molecule has 0 unspecified atom stereocenters. The molecule has 0 radical (unpaired) electrons. The van der Waals surface area contributed by atoms with E-state index < -0.39 is 10.8 Å². The molecule has 0 spiro atoms. The number of nitrogens with zero attached hydrogens (tertiary/aromatic N) is 2. The summed E-state index contributed by atoms with van der Waals surface area (Å²) in [5, 5.41) is 14.0. The van der Waals surface area contributed by atoms with Gasteiger partial charge in [-0.15, -0.1) is 0 Å². The molecular weight excluding hydrogens is 302 g/mol. The van der Waals surface area contributed by atoms with Crippen LogP contribution in [0.5, 0.6) is 0 Å². The fourth-order valence-corrected chi connectivity index (χ4v) is 2.92. The lowest BCUT2D eigenvalue weighted by Gasteiger charge is -2.05. The number of fused-ring (bicyclic) bond motifs is 1. The van der Waals surface area contributed by atoms with Crippen molar-refractivity contribution in [2.75, 3.05) is 5.32 Å². The van der Waals surface area contributed by atoms with E-state index in [1.165, 1.54) is 23.5 Å². The third-order valence-electron chi connectivity index (χ3n) is 3.19. The van der Waals surface area contributed by atoms with Gasteiger partial charge in [-0.1, -0.05) is 29.5 Å². The first-order chi connectivity index (χ1) is 10.5. The summed E-state index contributed by atoms with van der Waals surface area (Å²) < 4.78 is 0.966. The van der Waals surface area contributed by atoms with Crippen LogP contribution in [-0.2, 0) is 0 Å². The monoisotopic (exact) mass is 313 g/mol. The van der Waals surface area contributed by atoms with Gasteiger partial charge in [0, 0.05) is 17.7 Å². The zero-order valence-electron chi connectivity index (χ0n) is 11.6. The van der Waals surface area contributed by atoms with Gasteiger partial charge in [-0.2, -0.15) is 0 Å². The van der Waals surface area contributed by atoms with Gasteiger partial charge in [0.15, 0.2) is 5.13 Å². The topological polar surface area (TPSA) is 85.1 Å². The molecule has 3 aromatic rings. The summed E-state index contributed by atoms with van der Waals surface area (Å²) in [7, 11) is 0. The number of hydrogen-bond donors (Lipinski definition) is 1. The van der Waals surface area contributed by atoms with Crippen LogP contribution in [-0.4, -0.2) is 15.8 Å². The van der Waals surface area contributed by atoms with Gasteiger partial charge < -0.3 is 0 Å². The second-order valence-corrected chi connectivity index (χ2v) is 5.73. The summed E-state index contributed by atoms with van der Waals surface area (Å²) >= 11 is 1.36. The van der Waals surface area contributed by atoms with Gasteiger partial charge in [0.25, 0.3) is 11.6 Å². The summed E-state index contributed by atoms with van der Waals surface area (Å²) in [6, 6.07) is 11.8. The molecule has 7 heteroatoms. The highest BCUT2D eigenvalue weighted by molar-refractivity contribution is 7.22. The Kier molecular flexibility index (Phi) is 3.56. The van der Waals surface area contributed by atoms with Crippen molar-refractivity contribution in [2.45, 2.75) is 6.92 Å². The molecule has 0 aliphatic heterocycles. The predicted molar refractivity (Wildman–Crippen MR) is 85.4 cm³/mol. The third-order valence-corrected chi connectivity index (χ3v) is 4.14. The van der Waals surface area contributed by atoms with Crippen molar-refractivity contribution in [3.05, 3.63) is 63.7 Å². The van der Waals surface area contributed by atoms with E-state index in [0.29, 0.717) is 10.7 Å². The van der Waals surface area contributed by atoms with Crippen LogP contribution < -0.4 is 5.32 Å². The number of carbonyl (C=O) groups excluding carboxylic acids is 1. The highest BCUT2D eigenvalue weighted by Gasteiger charge is 2.16. The molecule has 110 valence electrons. The van der Waals surface area contributed by atoms with E-state index in [-0.39, 0.29) is 11.3 Å². The molecule has 1 aromatic heterocycles. The SMILES string of the molecule is Cc1ccc([N+](=O)[O-])cc1C(=O)Nc1nc2ccccc2s1. The molecule has 22 heavy (non-hydrogen) atoms. The first kappa shape index (κ1) is 14.2. The van der Waals surface area contributed by atoms with Crippen LogP contribution in [0.2, 0.25) is 0 Å². The number of nitrogens with one attached hydrogen (secondary N) is 1. The van der Waals surface area contributed by atoms with Gasteiger partial charge in [0.05, 0.1) is 15.1 Å². The van der Waals surface area contributed by atoms with E-state index in [4.69, 9.17) is 0 Å². The smallest absolute Gasteiger partial charge is 0.270 e. The molecule has 1 amide bonds. The number of benzene rings is 2. The first-order valence-corrected chi connectivity index (χ1v) is 7.28. The van der Waals surface area contributed by atoms with Crippen LogP contribution in [0.4, 0.5) is 10.8 Å². The Morgan fingerprint density at radius 2 is 2.05 bits per heavy atom. The number of thiazole rings is 1. The Morgan fingerprint density at radius 3 is 2.77 bits per heavy atom. The fourth-order valence-electron chi connectivity index (χ4n) is 2.06. The number of nitro benzene ring substituents is 1. The average molecular weight is 313 g/mol. The van der Waals surface area contributed by atoms with Crippen molar-refractivity contribution in [2.24, 2.45) is 0 Å². The van der Waals surface area contributed by atoms with E-state index in [1.54, 1.807) is 13.0 Å². The standard InChI is InChI=1S/C15H11N3O3S/c1-9-6-7-10(18(20)21)8-11(9)14(19)17-15-16-12-4-2-3-5-13(12)22-15/h2-8H,1H3,(H,16,17,19). The maximum atomic E-state index is 12.3. The minimum atomic E-state index is -0.520. The molecule has 3 rings (SSSR count). The zero-order valence-corrected chi connectivity index (χ0v) is 12.4. The molecule has 0 atom stereocenters. The summed E-state index contributed by atoms with van der Waals surface area (Å²) in [5.41, 5.74) is 1.64. The number of aromatic nitrogens is 1. The van der Waals surface area contributed by atoms with Crippen molar-refractivity contribution >= 4 is 38.3 Å². The van der Waals surface area contributed by atoms with Crippen molar-refractivity contribution in [1.29, 1.82) is 0 Å². The zero-order chi connectivity index (χ0) is 15.7. The number of hydrogen-bond acceptors (Lipinski definition) is 5. The van der Waals surface area contributed by atoms with Crippen molar-refractivity contribution < 1.29 is 9.72 Å². The summed E-state index contributed by atoms with van der Waals surface area (Å²) in [6.45, 7) is 1.73. The minimum Gasteiger partial charge on any atom is -0.298 e. The highest BCUT2D eigenvalue weighted by Crippen LogP contribution is 2.26. The van der Waals surface area contributed by atoms with Gasteiger partial charge in [-0.05, 0) is 24.6 Å². The second-order valence-electron chi connectivity index (χ2n) is 4.70. The van der Waals surface area contributed by atoms with E-state index in [0.717, 1.165) is 10.2 Å². The van der Waals surface area contributed by atoms with E-state index >= 15 is 0 Å². The lowest BCUT2D eigenvalue weighted by Crippen LogP contribution is -2.13. The maximum Gasteiger partial charge on any atom is 0.270 e. The molecule has 0 saturated heterocycles. The van der Waals surface area contributed by atoms with Crippen molar-refractivity contribution in [3.8, 4) is 0 Å². The Balaban J connectivity index is 1.91. The van der Waals surface area contributed by atoms with Crippen LogP contribution in [0, 0.1) is 17.0 Å². The summed E-state index contributed by atoms with van der Waals surface area (Å²) in [6.07, 6.45) is 0. The first-order valence-electron chi connectivity index (χ1n) is 6.46. The Bertz CT molecular complexity index is 856. The number of non-ortho nitro benzene ring substituents is 1. The predicted octanol–water partition coefficient (Wildman–Crippen LogP) is 3.77. The maximum absolute atomic E-state index is 12.3. The fraction of sp³-hybridized carbons (Fsp3) is 0.0667. The van der Waals surface area contributed by atoms with E-state index in [2.05, 4.69) is 10.3 Å². The van der Waals surface area contributed by atoms with Gasteiger partial charge in [0.2, 0.25) is 0 Å². The van der Waals surface area contributed by atoms with Gasteiger partial charge in [-0.3, -0.25) is 20.2 Å². The Hall–Kier alpha value is -2.80. The van der Waals surface area contributed by atoms with Gasteiger partial charge in [0.1, 0.15) is 0 Å². The van der Waals surface area contributed by atoms with Crippen LogP contribution in [0.1, 0.15) is 15.9 Å². The van der Waals surface area contributed by atoms with Crippen molar-refractivity contribution in [3.63, 3.8) is 0 Å². The Morgan fingerprint density at radius 1 is 1.27 bits per heavy atom. The van der Waals surface area contributed by atoms with Gasteiger partial charge >= 0.3 is 0 Å². The molecule has 0 aliphatic rings. The van der Waals surface area contributed by atoms with E-state index in [9.17, 15) is 14.9 Å². The van der Waals surface area contributed by atoms with Crippen LogP contribution in [0.15, 0.2) is 42.5 Å². The van der Waals surface area contributed by atoms with Gasteiger partial charge in [-0.25, -0.2) is 4.98 Å². The summed E-state index contributed by atoms with van der Waals surface area (Å²) in [4.78, 5) is 26.9. The summed E-state index contributed by atoms with van der Waals surface area (Å²) in [5.74, 6) is -0.403. The van der Waals surface area contributed by atoms with Crippen LogP contribution >= 0.6 is 11.3 Å².